The van der Waals surface area contributed by atoms with Gasteiger partial charge in [-0.05, 0) is 29.7 Å². The first-order valence-electron chi connectivity index (χ1n) is 8.18. The third kappa shape index (κ3) is 3.68. The number of β-amino-alcohol motifs (C(OH)–C–C–N with tert-alkyl or cyclic N) is 1. The van der Waals surface area contributed by atoms with Crippen molar-refractivity contribution in [3.8, 4) is 0 Å². The van der Waals surface area contributed by atoms with Crippen LogP contribution in [0, 0.1) is 5.82 Å². The van der Waals surface area contributed by atoms with Crippen molar-refractivity contribution in [1.29, 1.82) is 0 Å². The summed E-state index contributed by atoms with van der Waals surface area (Å²) in [5.41, 5.74) is 1.08. The summed E-state index contributed by atoms with van der Waals surface area (Å²) >= 11 is 0. The second-order valence-corrected chi connectivity index (χ2v) is 6.56. The molecule has 24 heavy (non-hydrogen) atoms. The van der Waals surface area contributed by atoms with E-state index in [4.69, 9.17) is 4.74 Å². The predicted octanol–water partition coefficient (Wildman–Crippen LogP) is 3.14. The summed E-state index contributed by atoms with van der Waals surface area (Å²) in [6, 6.07) is 16.2. The molecule has 3 unspecified atom stereocenters. The highest BCUT2D eigenvalue weighted by molar-refractivity contribution is 7.16. The molecule has 0 radical (unpaired) electrons. The number of aliphatic hydroxyl groups excluding tert-OH is 1. The van der Waals surface area contributed by atoms with Crippen LogP contribution in [0.4, 0.5) is 4.39 Å². The summed E-state index contributed by atoms with van der Waals surface area (Å²) < 4.78 is 19.6. The van der Waals surface area contributed by atoms with E-state index in [1.54, 1.807) is 12.1 Å². The third-order valence-electron chi connectivity index (χ3n) is 4.70. The Bertz CT molecular complexity index is 652. The van der Waals surface area contributed by atoms with Gasteiger partial charge in [0.2, 0.25) is 0 Å². The van der Waals surface area contributed by atoms with Gasteiger partial charge in [0.15, 0.2) is 0 Å². The molecule has 2 aromatic rings. The predicted molar refractivity (Wildman–Crippen MR) is 96.1 cm³/mol. The van der Waals surface area contributed by atoms with E-state index in [0.717, 1.165) is 24.0 Å². The van der Waals surface area contributed by atoms with Crippen LogP contribution < -0.4 is 0 Å². The molecule has 0 amide bonds. The minimum atomic E-state index is -0.806. The molecule has 3 rings (SSSR count). The van der Waals surface area contributed by atoms with Crippen molar-refractivity contribution < 1.29 is 14.2 Å². The van der Waals surface area contributed by atoms with Crippen molar-refractivity contribution in [1.82, 2.24) is 4.90 Å². The first-order chi connectivity index (χ1) is 11.6. The second-order valence-electron chi connectivity index (χ2n) is 6.20. The van der Waals surface area contributed by atoms with Crippen LogP contribution in [0.25, 0.3) is 0 Å². The fourth-order valence-electron chi connectivity index (χ4n) is 3.25. The largest absolute Gasteiger partial charge is 0.388 e. The molecular formula is C19H23FNO2P. The Balaban J connectivity index is 1.87. The molecule has 3 nitrogen and oxygen atoms in total. The maximum Gasteiger partial charge on any atom is 0.123 e. The standard InChI is InChI=1S/C19H23FNO2P/c20-17-8-6-16(7-9-17)19(10-11-21(14-24)12-18(19)22)23-13-15-4-2-1-3-5-15/h1-9,18,22H,10-14,24H2. The van der Waals surface area contributed by atoms with Gasteiger partial charge in [0, 0.05) is 19.4 Å². The number of nitrogens with zero attached hydrogens (tertiary/aromatic N) is 1. The average Bonchev–Trinajstić information content (AvgIpc) is 2.62. The molecule has 1 aliphatic rings. The van der Waals surface area contributed by atoms with Crippen LogP contribution in [0.2, 0.25) is 0 Å². The molecule has 1 fully saturated rings. The van der Waals surface area contributed by atoms with Gasteiger partial charge < -0.3 is 9.84 Å². The minimum Gasteiger partial charge on any atom is -0.388 e. The van der Waals surface area contributed by atoms with E-state index < -0.39 is 11.7 Å². The Kier molecular flexibility index (Phi) is 5.62. The van der Waals surface area contributed by atoms with E-state index in [2.05, 4.69) is 14.1 Å². The fourth-order valence-corrected chi connectivity index (χ4v) is 3.58. The number of benzene rings is 2. The molecule has 1 heterocycles. The first kappa shape index (κ1) is 17.5. The third-order valence-corrected chi connectivity index (χ3v) is 5.22. The normalized spacial score (nSPS) is 24.9. The Morgan fingerprint density at radius 3 is 2.50 bits per heavy atom. The number of hydrogen-bond acceptors (Lipinski definition) is 3. The fraction of sp³-hybridized carbons (Fsp3) is 0.368. The summed E-state index contributed by atoms with van der Waals surface area (Å²) in [6.45, 7) is 1.78. The molecule has 3 atom stereocenters. The van der Waals surface area contributed by atoms with Gasteiger partial charge in [-0.1, -0.05) is 42.5 Å². The number of ether oxygens (including phenoxy) is 1. The van der Waals surface area contributed by atoms with Crippen molar-refractivity contribution in [2.45, 2.75) is 24.7 Å². The van der Waals surface area contributed by atoms with Crippen LogP contribution in [-0.2, 0) is 16.9 Å². The van der Waals surface area contributed by atoms with E-state index in [1.807, 2.05) is 30.3 Å². The quantitative estimate of drug-likeness (QED) is 0.844. The van der Waals surface area contributed by atoms with Gasteiger partial charge in [-0.3, -0.25) is 4.90 Å². The van der Waals surface area contributed by atoms with Gasteiger partial charge in [0.05, 0.1) is 12.7 Å². The Labute approximate surface area is 144 Å². The van der Waals surface area contributed by atoms with Gasteiger partial charge in [-0.2, -0.15) is 0 Å². The zero-order chi connectivity index (χ0) is 17.0. The maximum atomic E-state index is 13.3. The van der Waals surface area contributed by atoms with Crippen LogP contribution >= 0.6 is 9.24 Å². The van der Waals surface area contributed by atoms with E-state index >= 15 is 0 Å². The SMILES string of the molecule is OC1CN(CP)CCC1(OCc1ccccc1)c1ccc(F)cc1. The molecule has 0 saturated carbocycles. The lowest BCUT2D eigenvalue weighted by Gasteiger charge is -2.45. The van der Waals surface area contributed by atoms with E-state index in [1.165, 1.54) is 12.1 Å². The molecule has 2 aromatic carbocycles. The number of rotatable bonds is 5. The lowest BCUT2D eigenvalue weighted by atomic mass is 9.81. The van der Waals surface area contributed by atoms with Crippen LogP contribution in [0.15, 0.2) is 54.6 Å². The molecule has 0 spiro atoms. The van der Waals surface area contributed by atoms with Crippen LogP contribution in [0.3, 0.4) is 0 Å². The topological polar surface area (TPSA) is 32.7 Å². The Morgan fingerprint density at radius 1 is 1.17 bits per heavy atom. The first-order valence-corrected chi connectivity index (χ1v) is 9.00. The number of hydrogen-bond donors (Lipinski definition) is 1. The molecule has 0 aliphatic carbocycles. The van der Waals surface area contributed by atoms with Crippen molar-refractivity contribution >= 4 is 9.24 Å². The Morgan fingerprint density at radius 2 is 1.88 bits per heavy atom. The molecule has 0 bridgehead atoms. The molecular weight excluding hydrogens is 324 g/mol. The van der Waals surface area contributed by atoms with Crippen molar-refractivity contribution in [2.75, 3.05) is 19.4 Å². The van der Waals surface area contributed by atoms with Crippen molar-refractivity contribution in [2.24, 2.45) is 0 Å². The molecule has 128 valence electrons. The highest BCUT2D eigenvalue weighted by Crippen LogP contribution is 2.38. The molecule has 1 N–H and O–H groups in total. The smallest absolute Gasteiger partial charge is 0.123 e. The summed E-state index contributed by atoms with van der Waals surface area (Å²) in [6.07, 6.45) is 0.817. The summed E-state index contributed by atoms with van der Waals surface area (Å²) in [4.78, 5) is 2.17. The maximum absolute atomic E-state index is 13.3. The Hall–Kier alpha value is -1.32. The zero-order valence-electron chi connectivity index (χ0n) is 13.6. The zero-order valence-corrected chi connectivity index (χ0v) is 14.7. The van der Waals surface area contributed by atoms with Crippen LogP contribution in [0.1, 0.15) is 17.5 Å². The van der Waals surface area contributed by atoms with Gasteiger partial charge in [-0.15, -0.1) is 9.24 Å². The van der Waals surface area contributed by atoms with E-state index in [0.29, 0.717) is 19.6 Å². The number of aliphatic hydroxyl groups is 1. The van der Waals surface area contributed by atoms with Gasteiger partial charge in [0.1, 0.15) is 11.4 Å². The number of likely N-dealkylation sites (tertiary alicyclic amines) is 1. The molecule has 1 aliphatic heterocycles. The lowest BCUT2D eigenvalue weighted by Crippen LogP contribution is -2.54. The summed E-state index contributed by atoms with van der Waals surface area (Å²) in [5.74, 6) is -0.283. The van der Waals surface area contributed by atoms with Crippen LogP contribution in [0.5, 0.6) is 0 Å². The van der Waals surface area contributed by atoms with Gasteiger partial charge in [0.25, 0.3) is 0 Å². The highest BCUT2D eigenvalue weighted by atomic mass is 31.0. The highest BCUT2D eigenvalue weighted by Gasteiger charge is 2.44. The molecule has 0 aromatic heterocycles. The average molecular weight is 347 g/mol. The minimum absolute atomic E-state index is 0.283. The lowest BCUT2D eigenvalue weighted by molar-refractivity contribution is -0.168. The van der Waals surface area contributed by atoms with E-state index in [-0.39, 0.29) is 5.82 Å². The summed E-state index contributed by atoms with van der Waals surface area (Å²) in [5, 5.41) is 10.9. The van der Waals surface area contributed by atoms with Crippen molar-refractivity contribution in [3.05, 3.63) is 71.5 Å². The van der Waals surface area contributed by atoms with Gasteiger partial charge in [-0.25, -0.2) is 4.39 Å². The molecule has 1 saturated heterocycles. The van der Waals surface area contributed by atoms with E-state index in [9.17, 15) is 9.50 Å². The molecule has 5 heteroatoms. The number of piperidine rings is 1. The van der Waals surface area contributed by atoms with Crippen LogP contribution in [-0.4, -0.2) is 35.5 Å². The second kappa shape index (κ2) is 7.71. The number of halogens is 1. The monoisotopic (exact) mass is 347 g/mol. The van der Waals surface area contributed by atoms with Crippen molar-refractivity contribution in [3.63, 3.8) is 0 Å². The summed E-state index contributed by atoms with van der Waals surface area (Å²) in [7, 11) is 2.69. The van der Waals surface area contributed by atoms with Gasteiger partial charge >= 0.3 is 0 Å².